The Morgan fingerprint density at radius 3 is 2.59 bits per heavy atom. The maximum Gasteiger partial charge on any atom is 0.264 e. The zero-order valence-corrected chi connectivity index (χ0v) is 28.0. The number of allylic oxidation sites excluding steroid dienone is 2. The molecule has 0 radical (unpaired) electrons. The number of carbonyl (C=O) groups excluding carboxylic acids is 1. The van der Waals surface area contributed by atoms with Crippen LogP contribution in [0.4, 0.5) is 10.2 Å². The molecule has 7 rings (SSSR count). The quantitative estimate of drug-likeness (QED) is 0.278. The number of ether oxygens (including phenoxy) is 2. The van der Waals surface area contributed by atoms with Crippen LogP contribution < -0.4 is 10.5 Å². The highest BCUT2D eigenvalue weighted by atomic mass is 19.1. The average Bonchev–Trinajstić information content (AvgIpc) is 3.48. The van der Waals surface area contributed by atoms with Crippen molar-refractivity contribution in [2.45, 2.75) is 56.8 Å². The smallest absolute Gasteiger partial charge is 0.264 e. The first-order valence-electron chi connectivity index (χ1n) is 17.0. The molecule has 2 N–H and O–H groups in total. The third kappa shape index (κ3) is 6.68. The van der Waals surface area contributed by atoms with Crippen LogP contribution in [-0.4, -0.2) is 111 Å². The second-order valence-corrected chi connectivity index (χ2v) is 13.7. The molecule has 3 aliphatic heterocycles. The molecule has 256 valence electrons. The second-order valence-electron chi connectivity index (χ2n) is 13.7. The van der Waals surface area contributed by atoms with Gasteiger partial charge in [0, 0.05) is 56.8 Å². The van der Waals surface area contributed by atoms with Crippen molar-refractivity contribution in [3.8, 4) is 11.8 Å². The number of likely N-dealkylation sites (tertiary alicyclic amines) is 1. The van der Waals surface area contributed by atoms with E-state index in [0.29, 0.717) is 53.6 Å². The van der Waals surface area contributed by atoms with Crippen LogP contribution in [0.2, 0.25) is 0 Å². The zero-order chi connectivity index (χ0) is 34.1. The molecule has 13 heteroatoms. The Bertz CT molecular complexity index is 1830. The highest BCUT2D eigenvalue weighted by Gasteiger charge is 2.36. The van der Waals surface area contributed by atoms with Crippen molar-refractivity contribution in [2.24, 2.45) is 0 Å². The van der Waals surface area contributed by atoms with Crippen molar-refractivity contribution in [3.05, 3.63) is 72.0 Å². The first-order valence-corrected chi connectivity index (χ1v) is 17.0. The third-order valence-electron chi connectivity index (χ3n) is 10.1. The van der Waals surface area contributed by atoms with E-state index >= 15 is 4.39 Å². The number of rotatable bonds is 8. The third-order valence-corrected chi connectivity index (χ3v) is 10.1. The second kappa shape index (κ2) is 13.7. The summed E-state index contributed by atoms with van der Waals surface area (Å²) < 4.78 is 28.8. The first kappa shape index (κ1) is 32.9. The van der Waals surface area contributed by atoms with Crippen LogP contribution in [0.15, 0.2) is 66.3 Å². The van der Waals surface area contributed by atoms with Crippen LogP contribution in [0.1, 0.15) is 44.8 Å². The molecule has 3 fully saturated rings. The molecule has 0 spiro atoms. The number of aromatic nitrogens is 4. The Morgan fingerprint density at radius 2 is 1.90 bits per heavy atom. The lowest BCUT2D eigenvalue weighted by Crippen LogP contribution is -2.59. The summed E-state index contributed by atoms with van der Waals surface area (Å²) in [7, 11) is 0. The predicted octanol–water partition coefficient (Wildman–Crippen LogP) is 3.91. The number of nitrogen functional groups attached to an aromatic ring is 1. The van der Waals surface area contributed by atoms with E-state index in [1.807, 2.05) is 42.5 Å². The number of halogens is 1. The molecule has 3 aromatic rings. The number of anilines is 1. The Hall–Kier alpha value is -4.64. The minimum atomic E-state index is -0.476. The SMILES string of the molecule is CC(C)(/C=C(\C#N)C(=O)N1CCC[C@@H](n2nc(C3=C(F)CC(Oc4ccccc4)C=C3)c3c(N)ncnc32)C1)N1CCN(C2COC2)CC1. The van der Waals surface area contributed by atoms with E-state index in [9.17, 15) is 10.1 Å². The molecular formula is C36H42FN9O3. The molecule has 3 saturated heterocycles. The number of piperazine rings is 1. The fraction of sp³-hybridized carbons (Fsp3) is 0.472. The van der Waals surface area contributed by atoms with E-state index in [-0.39, 0.29) is 35.6 Å². The van der Waals surface area contributed by atoms with Gasteiger partial charge in [-0.25, -0.2) is 19.0 Å². The molecule has 1 amide bonds. The molecule has 0 bridgehead atoms. The van der Waals surface area contributed by atoms with Gasteiger partial charge in [0.25, 0.3) is 5.91 Å². The molecule has 4 aliphatic rings. The molecule has 2 atom stereocenters. The van der Waals surface area contributed by atoms with Gasteiger partial charge in [0.2, 0.25) is 0 Å². The standard InChI is InChI=1S/C36H42FN9O3/c1-36(2,45-15-13-43(14-16-45)26-21-48-22-26)18-24(19-38)35(47)44-12-6-7-25(20-44)46-34-31(33(39)40-23-41-34)32(42-46)29-11-10-28(17-30(29)37)49-27-8-4-3-5-9-27/h3-5,8-11,18,23,25-26,28H,6-7,12-17,20-22H2,1-2H3,(H2,39,40,41)/b24-18+/t25-,28?/m1/s1. The van der Waals surface area contributed by atoms with Gasteiger partial charge in [-0.15, -0.1) is 0 Å². The fourth-order valence-corrected chi connectivity index (χ4v) is 7.24. The van der Waals surface area contributed by atoms with Crippen molar-refractivity contribution in [3.63, 3.8) is 0 Å². The molecule has 0 saturated carbocycles. The summed E-state index contributed by atoms with van der Waals surface area (Å²) in [4.78, 5) is 29.1. The van der Waals surface area contributed by atoms with Crippen molar-refractivity contribution in [1.29, 1.82) is 5.26 Å². The minimum Gasteiger partial charge on any atom is -0.486 e. The van der Waals surface area contributed by atoms with Gasteiger partial charge in [-0.2, -0.15) is 10.4 Å². The number of carbonyl (C=O) groups is 1. The first-order chi connectivity index (χ1) is 23.7. The van der Waals surface area contributed by atoms with Crippen molar-refractivity contribution >= 4 is 28.3 Å². The molecule has 1 aliphatic carbocycles. The number of nitrogens with two attached hydrogens (primary N) is 1. The number of hydrogen-bond acceptors (Lipinski definition) is 10. The number of benzene rings is 1. The van der Waals surface area contributed by atoms with E-state index in [1.165, 1.54) is 6.33 Å². The van der Waals surface area contributed by atoms with Crippen LogP contribution in [0, 0.1) is 11.3 Å². The molecule has 5 heterocycles. The lowest BCUT2D eigenvalue weighted by atomic mass is 9.96. The number of para-hydroxylation sites is 1. The maximum atomic E-state index is 15.8. The number of piperidine rings is 1. The van der Waals surface area contributed by atoms with Crippen molar-refractivity contribution < 1.29 is 18.7 Å². The molecule has 49 heavy (non-hydrogen) atoms. The summed E-state index contributed by atoms with van der Waals surface area (Å²) in [5.74, 6) is 0.187. The van der Waals surface area contributed by atoms with Gasteiger partial charge in [-0.3, -0.25) is 14.6 Å². The molecule has 1 aromatic carbocycles. The van der Waals surface area contributed by atoms with Gasteiger partial charge in [-0.05, 0) is 51.0 Å². The Labute approximate surface area is 285 Å². The molecular weight excluding hydrogens is 625 g/mol. The van der Waals surface area contributed by atoms with E-state index in [4.69, 9.17) is 20.3 Å². The van der Waals surface area contributed by atoms with Gasteiger partial charge in [0.1, 0.15) is 47.2 Å². The van der Waals surface area contributed by atoms with E-state index in [0.717, 1.165) is 45.8 Å². The number of fused-ring (bicyclic) bond motifs is 1. The Morgan fingerprint density at radius 1 is 1.12 bits per heavy atom. The van der Waals surface area contributed by atoms with E-state index < -0.39 is 11.6 Å². The summed E-state index contributed by atoms with van der Waals surface area (Å²) in [6.07, 6.45) is 7.68. The zero-order valence-electron chi connectivity index (χ0n) is 28.0. The lowest BCUT2D eigenvalue weighted by Gasteiger charge is -2.46. The summed E-state index contributed by atoms with van der Waals surface area (Å²) >= 11 is 0. The molecule has 12 nitrogen and oxygen atoms in total. The number of nitriles is 1. The van der Waals surface area contributed by atoms with Crippen LogP contribution in [-0.2, 0) is 9.53 Å². The van der Waals surface area contributed by atoms with Gasteiger partial charge in [-0.1, -0.05) is 24.3 Å². The lowest BCUT2D eigenvalue weighted by molar-refractivity contribution is -0.128. The fourth-order valence-electron chi connectivity index (χ4n) is 7.24. The van der Waals surface area contributed by atoms with Crippen molar-refractivity contribution in [2.75, 3.05) is 58.2 Å². The highest BCUT2D eigenvalue weighted by Crippen LogP contribution is 2.37. The largest absolute Gasteiger partial charge is 0.486 e. The van der Waals surface area contributed by atoms with Crippen LogP contribution in [0.25, 0.3) is 16.6 Å². The van der Waals surface area contributed by atoms with Crippen LogP contribution in [0.3, 0.4) is 0 Å². The monoisotopic (exact) mass is 667 g/mol. The highest BCUT2D eigenvalue weighted by molar-refractivity contribution is 5.99. The molecule has 2 aromatic heterocycles. The van der Waals surface area contributed by atoms with Gasteiger partial charge >= 0.3 is 0 Å². The van der Waals surface area contributed by atoms with Crippen LogP contribution >= 0.6 is 0 Å². The predicted molar refractivity (Wildman–Crippen MR) is 183 cm³/mol. The van der Waals surface area contributed by atoms with E-state index in [1.54, 1.807) is 15.7 Å². The van der Waals surface area contributed by atoms with Gasteiger partial charge < -0.3 is 20.1 Å². The Balaban J connectivity index is 1.09. The summed E-state index contributed by atoms with van der Waals surface area (Å²) in [6.45, 7) is 10.1. The topological polar surface area (TPSA) is 139 Å². The average molecular weight is 668 g/mol. The van der Waals surface area contributed by atoms with Crippen molar-refractivity contribution in [1.82, 2.24) is 34.4 Å². The summed E-state index contributed by atoms with van der Waals surface area (Å²) in [5.41, 5.74) is 7.14. The number of nitrogens with zero attached hydrogens (tertiary/aromatic N) is 8. The number of hydrogen-bond donors (Lipinski definition) is 1. The summed E-state index contributed by atoms with van der Waals surface area (Å²) in [5, 5.41) is 15.5. The van der Waals surface area contributed by atoms with Gasteiger partial charge in [0.15, 0.2) is 5.65 Å². The Kier molecular flexibility index (Phi) is 9.19. The van der Waals surface area contributed by atoms with Crippen LogP contribution in [0.5, 0.6) is 5.75 Å². The minimum absolute atomic E-state index is 0.0408. The maximum absolute atomic E-state index is 15.8. The molecule has 1 unspecified atom stereocenters. The summed E-state index contributed by atoms with van der Waals surface area (Å²) in [6, 6.07) is 11.7. The normalized spacial score (nSPS) is 23.1. The number of amides is 1. The van der Waals surface area contributed by atoms with Gasteiger partial charge in [0.05, 0.1) is 30.7 Å². The van der Waals surface area contributed by atoms with E-state index in [2.05, 4.69) is 39.7 Å².